The number of carboxylic acid groups (broad SMARTS) is 2. The van der Waals surface area contributed by atoms with Gasteiger partial charge < -0.3 is 20.8 Å². The zero-order valence-electron chi connectivity index (χ0n) is 20.3. The van der Waals surface area contributed by atoms with Gasteiger partial charge >= 0.3 is 11.9 Å². The minimum absolute atomic E-state index is 0.145. The average Bonchev–Trinajstić information content (AvgIpc) is 2.68. The Balaban J connectivity index is 4.46. The van der Waals surface area contributed by atoms with Gasteiger partial charge in [-0.1, -0.05) is 34.9 Å². The highest BCUT2D eigenvalue weighted by Crippen LogP contribution is 2.13. The summed E-state index contributed by atoms with van der Waals surface area (Å²) in [4.78, 5) is 45.7. The van der Waals surface area contributed by atoms with Gasteiger partial charge in [-0.25, -0.2) is 9.59 Å². The van der Waals surface area contributed by atoms with Crippen molar-refractivity contribution < 1.29 is 29.4 Å². The summed E-state index contributed by atoms with van der Waals surface area (Å²) in [6, 6.07) is -2.55. The van der Waals surface area contributed by atoms with E-state index in [0.717, 1.165) is 32.6 Å². The fourth-order valence-corrected chi connectivity index (χ4v) is 3.78. The molecule has 33 heavy (non-hydrogen) atoms. The van der Waals surface area contributed by atoms with Crippen LogP contribution < -0.4 is 10.6 Å². The van der Waals surface area contributed by atoms with E-state index in [4.69, 9.17) is 5.11 Å². The Labute approximate surface area is 201 Å². The highest BCUT2D eigenvalue weighted by Gasteiger charge is 2.25. The summed E-state index contributed by atoms with van der Waals surface area (Å²) in [5.41, 5.74) is 3.92. The van der Waals surface area contributed by atoms with E-state index in [-0.39, 0.29) is 5.75 Å². The van der Waals surface area contributed by atoms with Gasteiger partial charge in [0.2, 0.25) is 11.8 Å². The van der Waals surface area contributed by atoms with E-state index >= 15 is 0 Å². The normalized spacial score (nSPS) is 13.6. The Morgan fingerprint density at radius 2 is 1.33 bits per heavy atom. The molecule has 0 radical (unpaired) electrons. The number of carbonyl (C=O) groups is 4. The third kappa shape index (κ3) is 16.7. The molecule has 0 heterocycles. The maximum Gasteiger partial charge on any atom is 0.327 e. The average molecular weight is 483 g/mol. The van der Waals surface area contributed by atoms with E-state index in [1.807, 2.05) is 6.92 Å². The van der Waals surface area contributed by atoms with Crippen molar-refractivity contribution in [2.24, 2.45) is 0 Å². The van der Waals surface area contributed by atoms with Crippen molar-refractivity contribution in [2.75, 3.05) is 11.5 Å². The molecule has 8 nitrogen and oxygen atoms in total. The molecule has 186 valence electrons. The quantitative estimate of drug-likeness (QED) is 0.195. The van der Waals surface area contributed by atoms with E-state index in [0.29, 0.717) is 5.75 Å². The molecule has 0 saturated heterocycles. The second-order valence-corrected chi connectivity index (χ2v) is 9.33. The molecule has 9 heteroatoms. The van der Waals surface area contributed by atoms with E-state index < -0.39 is 42.3 Å². The zero-order chi connectivity index (χ0) is 25.4. The topological polar surface area (TPSA) is 133 Å². The lowest BCUT2D eigenvalue weighted by molar-refractivity contribution is -0.144. The summed E-state index contributed by atoms with van der Waals surface area (Å²) in [7, 11) is 0. The number of aliphatic carboxylic acids is 2. The molecule has 0 aromatic heterocycles. The van der Waals surface area contributed by atoms with E-state index in [1.165, 1.54) is 28.5 Å². The number of carboxylic acids is 2. The standard InChI is InChI=1S/C24H38N2O6S/c1-16(2)8-6-9-17(3)10-7-11-18(4)12-13-33-15-21(24(31)32)26-22(28)14-20(23(29)30)25-19(5)27/h8,10,12,20-21H,6-7,9,11,13-15H2,1-5H3,(H,25,27)(H,26,28)(H,29,30)(H,31,32)/t20-,21-/m0/s1. The summed E-state index contributed by atoms with van der Waals surface area (Å²) in [5.74, 6) is -3.14. The molecule has 4 N–H and O–H groups in total. The van der Waals surface area contributed by atoms with Crippen molar-refractivity contribution in [3.8, 4) is 0 Å². The highest BCUT2D eigenvalue weighted by atomic mass is 32.2. The summed E-state index contributed by atoms with van der Waals surface area (Å²) in [5, 5.41) is 22.9. The maximum atomic E-state index is 12.0. The van der Waals surface area contributed by atoms with Gasteiger partial charge in [-0.05, 0) is 53.4 Å². The smallest absolute Gasteiger partial charge is 0.327 e. The third-order valence-electron chi connectivity index (χ3n) is 4.66. The van der Waals surface area contributed by atoms with Gasteiger partial charge in [-0.15, -0.1) is 0 Å². The first-order valence-corrected chi connectivity index (χ1v) is 12.1. The molecule has 0 unspecified atom stereocenters. The molecule has 0 rings (SSSR count). The second kappa shape index (κ2) is 17.0. The molecule has 0 aliphatic rings. The lowest BCUT2D eigenvalue weighted by Gasteiger charge is -2.17. The lowest BCUT2D eigenvalue weighted by Crippen LogP contribution is -2.47. The molecule has 0 bridgehead atoms. The van der Waals surface area contributed by atoms with Crippen molar-refractivity contribution in [3.63, 3.8) is 0 Å². The van der Waals surface area contributed by atoms with Gasteiger partial charge in [0.25, 0.3) is 0 Å². The third-order valence-corrected chi connectivity index (χ3v) is 5.63. The number of nitrogens with one attached hydrogen (secondary N) is 2. The molecule has 0 fully saturated rings. The SMILES string of the molecule is CC(=O)N[C@@H](CC(=O)N[C@@H](CSCC=C(C)CCC=C(C)CCC=C(C)C)C(=O)O)C(=O)O. The Bertz CT molecular complexity index is 769. The Hall–Kier alpha value is -2.55. The molecular formula is C24H38N2O6S. The van der Waals surface area contributed by atoms with Crippen LogP contribution in [0.1, 0.15) is 66.7 Å². The van der Waals surface area contributed by atoms with Crippen LogP contribution in [0.25, 0.3) is 0 Å². The van der Waals surface area contributed by atoms with E-state index in [9.17, 15) is 24.3 Å². The van der Waals surface area contributed by atoms with Crippen LogP contribution >= 0.6 is 11.8 Å². The number of allylic oxidation sites excluding steroid dienone is 5. The Morgan fingerprint density at radius 3 is 1.85 bits per heavy atom. The lowest BCUT2D eigenvalue weighted by atomic mass is 10.1. The van der Waals surface area contributed by atoms with Crippen molar-refractivity contribution >= 4 is 35.5 Å². The zero-order valence-corrected chi connectivity index (χ0v) is 21.1. The molecule has 0 aromatic carbocycles. The number of hydrogen-bond acceptors (Lipinski definition) is 5. The van der Waals surface area contributed by atoms with Crippen LogP contribution in [0.5, 0.6) is 0 Å². The molecule has 2 atom stereocenters. The predicted octanol–water partition coefficient (Wildman–Crippen LogP) is 3.69. The van der Waals surface area contributed by atoms with Crippen molar-refractivity contribution in [2.45, 2.75) is 78.8 Å². The molecule has 0 spiro atoms. The van der Waals surface area contributed by atoms with Gasteiger partial charge in [0.05, 0.1) is 6.42 Å². The van der Waals surface area contributed by atoms with Crippen LogP contribution in [0.15, 0.2) is 34.9 Å². The van der Waals surface area contributed by atoms with E-state index in [2.05, 4.69) is 49.6 Å². The van der Waals surface area contributed by atoms with Gasteiger partial charge in [-0.3, -0.25) is 9.59 Å². The Kier molecular flexibility index (Phi) is 15.7. The minimum Gasteiger partial charge on any atom is -0.480 e. The van der Waals surface area contributed by atoms with Gasteiger partial charge in [0, 0.05) is 18.4 Å². The van der Waals surface area contributed by atoms with Crippen LogP contribution in [-0.2, 0) is 19.2 Å². The van der Waals surface area contributed by atoms with Crippen LogP contribution in [0.3, 0.4) is 0 Å². The summed E-state index contributed by atoms with van der Waals surface area (Å²) < 4.78 is 0. The number of thioether (sulfide) groups is 1. The van der Waals surface area contributed by atoms with Crippen molar-refractivity contribution in [1.29, 1.82) is 0 Å². The summed E-state index contributed by atoms with van der Waals surface area (Å²) >= 11 is 1.37. The van der Waals surface area contributed by atoms with Crippen LogP contribution in [0.4, 0.5) is 0 Å². The summed E-state index contributed by atoms with van der Waals surface area (Å²) in [6.45, 7) is 9.52. The molecule has 0 aliphatic carbocycles. The predicted molar refractivity (Wildman–Crippen MR) is 132 cm³/mol. The molecule has 0 aromatic rings. The van der Waals surface area contributed by atoms with Gasteiger partial charge in [0.1, 0.15) is 12.1 Å². The molecule has 2 amide bonds. The first-order chi connectivity index (χ1) is 15.4. The van der Waals surface area contributed by atoms with Crippen LogP contribution in [0.2, 0.25) is 0 Å². The van der Waals surface area contributed by atoms with E-state index in [1.54, 1.807) is 0 Å². The minimum atomic E-state index is -1.40. The maximum absolute atomic E-state index is 12.0. The second-order valence-electron chi connectivity index (χ2n) is 8.25. The molecule has 0 saturated carbocycles. The van der Waals surface area contributed by atoms with Crippen molar-refractivity contribution in [3.05, 3.63) is 34.9 Å². The first kappa shape index (κ1) is 30.4. The summed E-state index contributed by atoms with van der Waals surface area (Å²) in [6.07, 6.45) is 10.0. The monoisotopic (exact) mass is 482 g/mol. The fourth-order valence-electron chi connectivity index (χ4n) is 2.78. The van der Waals surface area contributed by atoms with Crippen molar-refractivity contribution in [1.82, 2.24) is 10.6 Å². The van der Waals surface area contributed by atoms with Crippen LogP contribution in [0, 0.1) is 0 Å². The van der Waals surface area contributed by atoms with Crippen LogP contribution in [-0.4, -0.2) is 57.6 Å². The number of hydrogen-bond donors (Lipinski definition) is 4. The van der Waals surface area contributed by atoms with Gasteiger partial charge in [0.15, 0.2) is 0 Å². The number of amides is 2. The Morgan fingerprint density at radius 1 is 0.788 bits per heavy atom. The van der Waals surface area contributed by atoms with Gasteiger partial charge in [-0.2, -0.15) is 11.8 Å². The number of rotatable bonds is 16. The first-order valence-electron chi connectivity index (χ1n) is 11.0. The molecular weight excluding hydrogens is 444 g/mol. The highest BCUT2D eigenvalue weighted by molar-refractivity contribution is 7.99. The number of carbonyl (C=O) groups excluding carboxylic acids is 2. The molecule has 0 aliphatic heterocycles. The fraction of sp³-hybridized carbons (Fsp3) is 0.583. The largest absolute Gasteiger partial charge is 0.480 e.